The van der Waals surface area contributed by atoms with Gasteiger partial charge in [0.15, 0.2) is 5.78 Å². The largest absolute Gasteiger partial charge is 0.361 e. The second-order valence-corrected chi connectivity index (χ2v) is 5.32. The van der Waals surface area contributed by atoms with E-state index in [4.69, 9.17) is 0 Å². The number of hydrogen-bond acceptors (Lipinski definition) is 3. The first-order valence-corrected chi connectivity index (χ1v) is 6.65. The number of aromatic amines is 1. The Morgan fingerprint density at radius 1 is 1.35 bits per heavy atom. The van der Waals surface area contributed by atoms with Crippen LogP contribution in [0.2, 0.25) is 0 Å². The lowest BCUT2D eigenvalue weighted by molar-refractivity contribution is -0.113. The molecule has 2 aromatic rings. The molecule has 1 aromatic heterocycles. The summed E-state index contributed by atoms with van der Waals surface area (Å²) in [5.41, 5.74) is 4.09. The first-order valence-electron chi connectivity index (χ1n) is 6.65. The first-order chi connectivity index (χ1) is 9.63. The van der Waals surface area contributed by atoms with Crippen LogP contribution in [0.25, 0.3) is 16.6 Å². The number of ketones is 1. The number of allylic oxidation sites excluding steroid dienone is 1. The minimum atomic E-state index is 0.109. The van der Waals surface area contributed by atoms with Gasteiger partial charge >= 0.3 is 0 Å². The molecule has 1 aromatic carbocycles. The highest BCUT2D eigenvalue weighted by molar-refractivity contribution is 6.07. The molecular weight excluding hydrogens is 250 g/mol. The number of carbonyl (C=O) groups excluding carboxylic acids is 1. The van der Waals surface area contributed by atoms with Crippen molar-refractivity contribution in [1.82, 2.24) is 9.88 Å². The Bertz CT molecular complexity index is 722. The van der Waals surface area contributed by atoms with E-state index < -0.39 is 0 Å². The number of hydrogen-bond donors (Lipinski definition) is 1. The smallest absolute Gasteiger partial charge is 0.163 e. The molecule has 0 amide bonds. The quantitative estimate of drug-likeness (QED) is 0.929. The molecule has 20 heavy (non-hydrogen) atoms. The molecule has 4 nitrogen and oxygen atoms in total. The number of nitrogens with one attached hydrogen (secondary N) is 1. The van der Waals surface area contributed by atoms with Crippen LogP contribution < -0.4 is 0 Å². The Morgan fingerprint density at radius 3 is 2.95 bits per heavy atom. The fourth-order valence-corrected chi connectivity index (χ4v) is 2.45. The minimum absolute atomic E-state index is 0.109. The molecular formula is C16H17N3O. The van der Waals surface area contributed by atoms with Crippen molar-refractivity contribution in [2.45, 2.75) is 13.0 Å². The van der Waals surface area contributed by atoms with E-state index in [0.29, 0.717) is 6.42 Å². The summed E-state index contributed by atoms with van der Waals surface area (Å²) in [7, 11) is 4.10. The second-order valence-electron chi connectivity index (χ2n) is 5.32. The molecule has 1 aliphatic heterocycles. The van der Waals surface area contributed by atoms with Crippen LogP contribution in [-0.2, 0) is 11.3 Å². The third-order valence-electron chi connectivity index (χ3n) is 3.37. The van der Waals surface area contributed by atoms with E-state index in [0.717, 1.165) is 23.3 Å². The van der Waals surface area contributed by atoms with Gasteiger partial charge in [-0.2, -0.15) is 0 Å². The number of H-pyrrole nitrogens is 1. The zero-order valence-electron chi connectivity index (χ0n) is 11.7. The van der Waals surface area contributed by atoms with Crippen LogP contribution in [-0.4, -0.2) is 36.0 Å². The Hall–Kier alpha value is -2.20. The van der Waals surface area contributed by atoms with Gasteiger partial charge in [-0.1, -0.05) is 6.07 Å². The molecule has 102 valence electrons. The lowest BCUT2D eigenvalue weighted by Crippen LogP contribution is -2.10. The molecule has 0 fully saturated rings. The zero-order valence-corrected chi connectivity index (χ0v) is 11.7. The summed E-state index contributed by atoms with van der Waals surface area (Å²) in [5.74, 6) is 0.109. The van der Waals surface area contributed by atoms with E-state index in [1.54, 1.807) is 12.3 Å². The summed E-state index contributed by atoms with van der Waals surface area (Å²) in [4.78, 5) is 21.2. The Labute approximate surface area is 117 Å². The summed E-state index contributed by atoms with van der Waals surface area (Å²) in [6.07, 6.45) is 5.75. The van der Waals surface area contributed by atoms with E-state index in [2.05, 4.69) is 35.0 Å². The van der Waals surface area contributed by atoms with Crippen molar-refractivity contribution in [3.05, 3.63) is 41.6 Å². The van der Waals surface area contributed by atoms with Crippen LogP contribution in [0.3, 0.4) is 0 Å². The standard InChI is InChI=1S/C16H17N3O/c1-19(2)10-12-9-18-15-4-3-11(7-14(12)15)16-8-13(20)5-6-17-16/h3-4,6-9,18H,5,10H2,1-2H3. The number of aliphatic imine (C=N–C) groups is 1. The minimum Gasteiger partial charge on any atom is -0.361 e. The predicted molar refractivity (Wildman–Crippen MR) is 81.8 cm³/mol. The van der Waals surface area contributed by atoms with Crippen molar-refractivity contribution >= 4 is 28.6 Å². The fraction of sp³-hybridized carbons (Fsp3) is 0.250. The average molecular weight is 267 g/mol. The highest BCUT2D eigenvalue weighted by Gasteiger charge is 2.11. The van der Waals surface area contributed by atoms with Gasteiger partial charge in [-0.05, 0) is 31.8 Å². The molecule has 0 bridgehead atoms. The monoisotopic (exact) mass is 267 g/mol. The topological polar surface area (TPSA) is 48.5 Å². The maximum atomic E-state index is 11.5. The Balaban J connectivity index is 2.05. The SMILES string of the molecule is CN(C)Cc1c[nH]c2ccc(C3=CC(=O)CC=N3)cc12. The number of nitrogens with zero attached hydrogens (tertiary/aromatic N) is 2. The number of rotatable bonds is 3. The molecule has 0 saturated carbocycles. The molecule has 0 saturated heterocycles. The van der Waals surface area contributed by atoms with Crippen LogP contribution in [0.5, 0.6) is 0 Å². The van der Waals surface area contributed by atoms with E-state index in [1.807, 2.05) is 18.3 Å². The second kappa shape index (κ2) is 5.06. The number of aromatic nitrogens is 1. The van der Waals surface area contributed by atoms with Gasteiger partial charge in [0, 0.05) is 47.9 Å². The number of carbonyl (C=O) groups is 1. The van der Waals surface area contributed by atoms with Crippen molar-refractivity contribution in [3.63, 3.8) is 0 Å². The molecule has 0 unspecified atom stereocenters. The van der Waals surface area contributed by atoms with Crippen LogP contribution in [0.1, 0.15) is 17.5 Å². The van der Waals surface area contributed by atoms with Crippen LogP contribution in [0.4, 0.5) is 0 Å². The molecule has 4 heteroatoms. The molecule has 1 N–H and O–H groups in total. The van der Waals surface area contributed by atoms with Gasteiger partial charge < -0.3 is 9.88 Å². The van der Waals surface area contributed by atoms with E-state index in [9.17, 15) is 4.79 Å². The normalized spacial score (nSPS) is 15.2. The maximum Gasteiger partial charge on any atom is 0.163 e. The summed E-state index contributed by atoms with van der Waals surface area (Å²) in [6, 6.07) is 6.14. The van der Waals surface area contributed by atoms with E-state index in [1.165, 1.54) is 10.9 Å². The van der Waals surface area contributed by atoms with Gasteiger partial charge in [-0.25, -0.2) is 0 Å². The van der Waals surface area contributed by atoms with Crippen molar-refractivity contribution < 1.29 is 4.79 Å². The summed E-state index contributed by atoms with van der Waals surface area (Å²) >= 11 is 0. The van der Waals surface area contributed by atoms with Crippen LogP contribution in [0.15, 0.2) is 35.5 Å². The van der Waals surface area contributed by atoms with Gasteiger partial charge in [-0.15, -0.1) is 0 Å². The van der Waals surface area contributed by atoms with Gasteiger partial charge in [-0.3, -0.25) is 9.79 Å². The highest BCUT2D eigenvalue weighted by atomic mass is 16.1. The molecule has 0 atom stereocenters. The first kappa shape index (κ1) is 12.8. The van der Waals surface area contributed by atoms with Crippen molar-refractivity contribution in [1.29, 1.82) is 0 Å². The summed E-state index contributed by atoms with van der Waals surface area (Å²) in [6.45, 7) is 0.880. The molecule has 2 heterocycles. The van der Waals surface area contributed by atoms with Crippen LogP contribution in [0, 0.1) is 0 Å². The average Bonchev–Trinajstić information content (AvgIpc) is 2.80. The van der Waals surface area contributed by atoms with Crippen molar-refractivity contribution in [2.24, 2.45) is 4.99 Å². The molecule has 0 aliphatic carbocycles. The summed E-state index contributed by atoms with van der Waals surface area (Å²) < 4.78 is 0. The summed E-state index contributed by atoms with van der Waals surface area (Å²) in [5, 5.41) is 1.19. The molecule has 0 radical (unpaired) electrons. The lowest BCUT2D eigenvalue weighted by Gasteiger charge is -2.09. The van der Waals surface area contributed by atoms with Gasteiger partial charge in [0.05, 0.1) is 5.70 Å². The lowest BCUT2D eigenvalue weighted by atomic mass is 10.0. The van der Waals surface area contributed by atoms with E-state index in [-0.39, 0.29) is 5.78 Å². The Kier molecular flexibility index (Phi) is 3.24. The third-order valence-corrected chi connectivity index (χ3v) is 3.37. The van der Waals surface area contributed by atoms with Gasteiger partial charge in [0.1, 0.15) is 0 Å². The molecule has 1 aliphatic rings. The number of benzene rings is 1. The predicted octanol–water partition coefficient (Wildman–Crippen LogP) is 2.61. The van der Waals surface area contributed by atoms with Gasteiger partial charge in [0.2, 0.25) is 0 Å². The zero-order chi connectivity index (χ0) is 14.1. The molecule has 0 spiro atoms. The van der Waals surface area contributed by atoms with Gasteiger partial charge in [0.25, 0.3) is 0 Å². The van der Waals surface area contributed by atoms with Crippen LogP contribution >= 0.6 is 0 Å². The Morgan fingerprint density at radius 2 is 2.20 bits per heavy atom. The third kappa shape index (κ3) is 2.42. The van der Waals surface area contributed by atoms with Crippen molar-refractivity contribution in [2.75, 3.05) is 14.1 Å². The highest BCUT2D eigenvalue weighted by Crippen LogP contribution is 2.26. The molecule has 3 rings (SSSR count). The van der Waals surface area contributed by atoms with Crippen molar-refractivity contribution in [3.8, 4) is 0 Å². The van der Waals surface area contributed by atoms with E-state index >= 15 is 0 Å². The number of fused-ring (bicyclic) bond motifs is 1. The fourth-order valence-electron chi connectivity index (χ4n) is 2.45. The maximum absolute atomic E-state index is 11.5.